The predicted octanol–water partition coefficient (Wildman–Crippen LogP) is 3.98. The van der Waals surface area contributed by atoms with Crippen LogP contribution in [0.2, 0.25) is 5.02 Å². The number of hydrogen-bond donors (Lipinski definition) is 2. The molecule has 1 heterocycles. The highest BCUT2D eigenvalue weighted by molar-refractivity contribution is 6.39. The Morgan fingerprint density at radius 2 is 1.81 bits per heavy atom. The van der Waals surface area contributed by atoms with E-state index in [0.29, 0.717) is 16.5 Å². The minimum atomic E-state index is -0.948. The number of methoxy groups -OCH3 is 1. The van der Waals surface area contributed by atoms with E-state index in [2.05, 4.69) is 15.8 Å². The Morgan fingerprint density at radius 3 is 2.45 bits per heavy atom. The number of ether oxygens (including phenoxy) is 1. The van der Waals surface area contributed by atoms with Crippen molar-refractivity contribution in [2.75, 3.05) is 12.4 Å². The van der Waals surface area contributed by atoms with Crippen molar-refractivity contribution in [2.45, 2.75) is 13.8 Å². The van der Waals surface area contributed by atoms with Crippen molar-refractivity contribution in [1.82, 2.24) is 9.99 Å². The minimum absolute atomic E-state index is 0.298. The molecule has 2 amide bonds. The zero-order chi connectivity index (χ0) is 22.5. The molecule has 0 fully saturated rings. The number of benzene rings is 2. The first-order valence-electron chi connectivity index (χ1n) is 9.23. The quantitative estimate of drug-likeness (QED) is 0.356. The van der Waals surface area contributed by atoms with E-state index >= 15 is 0 Å². The third-order valence-corrected chi connectivity index (χ3v) is 4.84. The van der Waals surface area contributed by atoms with Crippen LogP contribution >= 0.6 is 11.6 Å². The van der Waals surface area contributed by atoms with Gasteiger partial charge in [-0.1, -0.05) is 11.6 Å². The van der Waals surface area contributed by atoms with Crippen LogP contribution in [0.25, 0.3) is 5.69 Å². The Bertz CT molecular complexity index is 1160. The molecule has 3 aromatic rings. The summed E-state index contributed by atoms with van der Waals surface area (Å²) in [6, 6.07) is 12.4. The highest BCUT2D eigenvalue weighted by Gasteiger charge is 2.14. The van der Waals surface area contributed by atoms with Crippen LogP contribution in [0.1, 0.15) is 17.0 Å². The van der Waals surface area contributed by atoms with Gasteiger partial charge < -0.3 is 14.6 Å². The smallest absolute Gasteiger partial charge is 0.329 e. The van der Waals surface area contributed by atoms with Gasteiger partial charge in [0.1, 0.15) is 11.6 Å². The number of hydrogen-bond acceptors (Lipinski definition) is 4. The lowest BCUT2D eigenvalue weighted by Gasteiger charge is -2.11. The van der Waals surface area contributed by atoms with E-state index < -0.39 is 17.6 Å². The number of anilines is 1. The average molecular weight is 443 g/mol. The number of carbonyl (C=O) groups is 2. The van der Waals surface area contributed by atoms with Gasteiger partial charge in [-0.25, -0.2) is 9.82 Å². The van der Waals surface area contributed by atoms with Crippen molar-refractivity contribution in [3.05, 3.63) is 76.3 Å². The standard InChI is InChI=1S/C22H20ClFN4O3/c1-13-10-15(14(2)28(13)18-8-9-20(31-3)19(23)11-18)12-25-27-22(30)21(29)26-17-6-4-16(24)5-7-17/h4-12H,1-3H3,(H,26,29)(H,27,30)/b25-12-. The first-order valence-corrected chi connectivity index (χ1v) is 9.60. The molecular weight excluding hydrogens is 423 g/mol. The van der Waals surface area contributed by atoms with E-state index in [1.807, 2.05) is 30.5 Å². The molecule has 0 unspecified atom stereocenters. The molecule has 0 aliphatic rings. The van der Waals surface area contributed by atoms with Crippen LogP contribution in [-0.4, -0.2) is 29.7 Å². The van der Waals surface area contributed by atoms with Crippen LogP contribution in [-0.2, 0) is 9.59 Å². The zero-order valence-corrected chi connectivity index (χ0v) is 17.8. The average Bonchev–Trinajstić information content (AvgIpc) is 3.02. The van der Waals surface area contributed by atoms with Crippen LogP contribution in [0.3, 0.4) is 0 Å². The fourth-order valence-electron chi connectivity index (χ4n) is 3.04. The van der Waals surface area contributed by atoms with Gasteiger partial charge in [-0.2, -0.15) is 5.10 Å². The second kappa shape index (κ2) is 9.44. The van der Waals surface area contributed by atoms with E-state index in [1.165, 1.54) is 30.5 Å². The second-order valence-corrected chi connectivity index (χ2v) is 7.05. The van der Waals surface area contributed by atoms with Crippen molar-refractivity contribution in [3.8, 4) is 11.4 Å². The van der Waals surface area contributed by atoms with Crippen molar-refractivity contribution in [3.63, 3.8) is 0 Å². The summed E-state index contributed by atoms with van der Waals surface area (Å²) in [4.78, 5) is 23.9. The highest BCUT2D eigenvalue weighted by Crippen LogP contribution is 2.28. The van der Waals surface area contributed by atoms with Gasteiger partial charge in [-0.05, 0) is 62.4 Å². The van der Waals surface area contributed by atoms with Crippen molar-refractivity contribution >= 4 is 35.3 Å². The van der Waals surface area contributed by atoms with E-state index in [0.717, 1.165) is 22.6 Å². The third kappa shape index (κ3) is 5.10. The number of aromatic nitrogens is 1. The Labute approximate surface area is 183 Å². The summed E-state index contributed by atoms with van der Waals surface area (Å²) < 4.78 is 20.1. The van der Waals surface area contributed by atoms with Crippen molar-refractivity contribution in [1.29, 1.82) is 0 Å². The maximum absolute atomic E-state index is 12.9. The molecule has 0 saturated carbocycles. The van der Waals surface area contributed by atoms with Crippen molar-refractivity contribution < 1.29 is 18.7 Å². The summed E-state index contributed by atoms with van der Waals surface area (Å²) in [5.41, 5.74) is 5.88. The number of halogens is 2. The molecule has 7 nitrogen and oxygen atoms in total. The molecule has 3 rings (SSSR count). The van der Waals surface area contributed by atoms with Crippen LogP contribution in [0.15, 0.2) is 53.6 Å². The van der Waals surface area contributed by atoms with Crippen LogP contribution < -0.4 is 15.5 Å². The van der Waals surface area contributed by atoms with Crippen LogP contribution in [0.4, 0.5) is 10.1 Å². The Morgan fingerprint density at radius 1 is 1.10 bits per heavy atom. The lowest BCUT2D eigenvalue weighted by atomic mass is 10.2. The van der Waals surface area contributed by atoms with Gasteiger partial charge in [0.25, 0.3) is 0 Å². The summed E-state index contributed by atoms with van der Waals surface area (Å²) in [6.45, 7) is 3.83. The van der Waals surface area contributed by atoms with Gasteiger partial charge in [0.15, 0.2) is 0 Å². The molecule has 0 aliphatic heterocycles. The number of amides is 2. The number of nitrogens with zero attached hydrogens (tertiary/aromatic N) is 2. The van der Waals surface area contributed by atoms with Crippen LogP contribution in [0.5, 0.6) is 5.75 Å². The lowest BCUT2D eigenvalue weighted by molar-refractivity contribution is -0.136. The molecule has 0 radical (unpaired) electrons. The maximum Gasteiger partial charge on any atom is 0.329 e. The fourth-order valence-corrected chi connectivity index (χ4v) is 3.29. The number of rotatable bonds is 5. The van der Waals surface area contributed by atoms with Gasteiger partial charge in [0, 0.05) is 28.3 Å². The fraction of sp³-hybridized carbons (Fsp3) is 0.136. The zero-order valence-electron chi connectivity index (χ0n) is 17.1. The molecule has 0 atom stereocenters. The van der Waals surface area contributed by atoms with Gasteiger partial charge >= 0.3 is 11.8 Å². The van der Waals surface area contributed by atoms with E-state index in [9.17, 15) is 14.0 Å². The van der Waals surface area contributed by atoms with Crippen LogP contribution in [0, 0.1) is 19.7 Å². The Hall–Kier alpha value is -3.65. The van der Waals surface area contributed by atoms with E-state index in [4.69, 9.17) is 16.3 Å². The molecular formula is C22H20ClFN4O3. The van der Waals surface area contributed by atoms with E-state index in [-0.39, 0.29) is 0 Å². The molecule has 160 valence electrons. The molecule has 0 bridgehead atoms. The summed E-state index contributed by atoms with van der Waals surface area (Å²) >= 11 is 6.24. The SMILES string of the molecule is COc1ccc(-n2c(C)cc(/C=N\NC(=O)C(=O)Nc3ccc(F)cc3)c2C)cc1Cl. The largest absolute Gasteiger partial charge is 0.495 e. The number of hydrazone groups is 1. The second-order valence-electron chi connectivity index (χ2n) is 6.64. The topological polar surface area (TPSA) is 84.7 Å². The predicted molar refractivity (Wildman–Crippen MR) is 118 cm³/mol. The lowest BCUT2D eigenvalue weighted by Crippen LogP contribution is -2.32. The van der Waals surface area contributed by atoms with Gasteiger partial charge in [0.2, 0.25) is 0 Å². The molecule has 2 aromatic carbocycles. The van der Waals surface area contributed by atoms with Crippen molar-refractivity contribution in [2.24, 2.45) is 5.10 Å². The van der Waals surface area contributed by atoms with Gasteiger partial charge in [-0.3, -0.25) is 9.59 Å². The summed E-state index contributed by atoms with van der Waals surface area (Å²) in [6.07, 6.45) is 1.45. The molecule has 0 spiro atoms. The normalized spacial score (nSPS) is 10.9. The number of aryl methyl sites for hydroxylation is 1. The molecule has 0 saturated heterocycles. The van der Waals surface area contributed by atoms with E-state index in [1.54, 1.807) is 19.2 Å². The minimum Gasteiger partial charge on any atom is -0.495 e. The molecule has 2 N–H and O–H groups in total. The number of nitrogens with one attached hydrogen (secondary N) is 2. The monoisotopic (exact) mass is 442 g/mol. The maximum atomic E-state index is 12.9. The summed E-state index contributed by atoms with van der Waals surface area (Å²) in [5.74, 6) is -1.73. The molecule has 1 aromatic heterocycles. The number of carbonyl (C=O) groups excluding carboxylic acids is 2. The Kier molecular flexibility index (Phi) is 6.71. The summed E-state index contributed by atoms with van der Waals surface area (Å²) in [7, 11) is 1.55. The summed E-state index contributed by atoms with van der Waals surface area (Å²) in [5, 5.41) is 6.72. The van der Waals surface area contributed by atoms with Gasteiger partial charge in [0.05, 0.1) is 18.3 Å². The molecule has 9 heteroatoms. The molecule has 31 heavy (non-hydrogen) atoms. The highest BCUT2D eigenvalue weighted by atomic mass is 35.5. The van der Waals surface area contributed by atoms with Gasteiger partial charge in [-0.15, -0.1) is 0 Å². The first-order chi connectivity index (χ1) is 14.8. The Balaban J connectivity index is 1.69. The first kappa shape index (κ1) is 22.0. The molecule has 0 aliphatic carbocycles. The third-order valence-electron chi connectivity index (χ3n) is 4.54.